The molecule has 2 atom stereocenters. The number of halogens is 1. The van der Waals surface area contributed by atoms with Gasteiger partial charge in [0.1, 0.15) is 5.82 Å². The number of hydrogen-bond donors (Lipinski definition) is 0. The fraction of sp³-hybridized carbons (Fsp3) is 0.562. The van der Waals surface area contributed by atoms with Crippen LogP contribution in [0.2, 0.25) is 0 Å². The van der Waals surface area contributed by atoms with Gasteiger partial charge in [-0.2, -0.15) is 0 Å². The summed E-state index contributed by atoms with van der Waals surface area (Å²) in [5.41, 5.74) is 0.926. The zero-order chi connectivity index (χ0) is 14.7. The van der Waals surface area contributed by atoms with E-state index in [4.69, 9.17) is 0 Å². The molecule has 110 valence electrons. The van der Waals surface area contributed by atoms with Gasteiger partial charge in [0.25, 0.3) is 0 Å². The van der Waals surface area contributed by atoms with Gasteiger partial charge in [-0.05, 0) is 31.0 Å². The van der Waals surface area contributed by atoms with E-state index >= 15 is 0 Å². The summed E-state index contributed by atoms with van der Waals surface area (Å²) in [5, 5.41) is 0. The number of hydrogen-bond acceptors (Lipinski definition) is 2. The Bertz CT molecular complexity index is 463. The molecule has 0 N–H and O–H groups in total. The van der Waals surface area contributed by atoms with Crippen molar-refractivity contribution in [2.75, 3.05) is 18.0 Å². The number of carbonyl (C=O) groups excluding carboxylic acids is 1. The molecule has 20 heavy (non-hydrogen) atoms. The van der Waals surface area contributed by atoms with Crippen LogP contribution in [0.4, 0.5) is 10.1 Å². The lowest BCUT2D eigenvalue weighted by atomic mass is 10.1. The van der Waals surface area contributed by atoms with Crippen molar-refractivity contribution < 1.29 is 9.18 Å². The summed E-state index contributed by atoms with van der Waals surface area (Å²) in [7, 11) is 0. The predicted octanol–water partition coefficient (Wildman–Crippen LogP) is 3.05. The van der Waals surface area contributed by atoms with Crippen LogP contribution in [0.3, 0.4) is 0 Å². The van der Waals surface area contributed by atoms with Crippen LogP contribution in [-0.2, 0) is 4.79 Å². The average molecular weight is 278 g/mol. The lowest BCUT2D eigenvalue weighted by Gasteiger charge is -2.41. The summed E-state index contributed by atoms with van der Waals surface area (Å²) >= 11 is 0. The van der Waals surface area contributed by atoms with E-state index in [0.29, 0.717) is 12.1 Å². The first kappa shape index (κ1) is 14.8. The molecule has 1 amide bonds. The number of amides is 1. The van der Waals surface area contributed by atoms with Gasteiger partial charge in [-0.1, -0.05) is 19.9 Å². The fourth-order valence-corrected chi connectivity index (χ4v) is 3.30. The SMILES string of the molecule is CC.CC(=O)N1C2CCC1CN(c1cccc(F)c1)C2. The first-order valence-corrected chi connectivity index (χ1v) is 7.44. The summed E-state index contributed by atoms with van der Waals surface area (Å²) in [6.45, 7) is 7.28. The van der Waals surface area contributed by atoms with Crippen molar-refractivity contribution in [3.05, 3.63) is 30.1 Å². The van der Waals surface area contributed by atoms with Gasteiger partial charge in [-0.25, -0.2) is 4.39 Å². The van der Waals surface area contributed by atoms with Crippen LogP contribution in [0.5, 0.6) is 0 Å². The maximum atomic E-state index is 13.2. The Kier molecular flexibility index (Phi) is 4.63. The fourth-order valence-electron chi connectivity index (χ4n) is 3.30. The molecule has 0 saturated carbocycles. The Balaban J connectivity index is 0.000000704. The van der Waals surface area contributed by atoms with E-state index in [0.717, 1.165) is 31.6 Å². The van der Waals surface area contributed by atoms with Crippen molar-refractivity contribution in [3.8, 4) is 0 Å². The van der Waals surface area contributed by atoms with Crippen LogP contribution >= 0.6 is 0 Å². The molecule has 2 saturated heterocycles. The van der Waals surface area contributed by atoms with Crippen molar-refractivity contribution in [3.63, 3.8) is 0 Å². The highest BCUT2D eigenvalue weighted by molar-refractivity contribution is 5.75. The van der Waals surface area contributed by atoms with E-state index < -0.39 is 0 Å². The number of anilines is 1. The molecule has 0 aliphatic carbocycles. The first-order valence-electron chi connectivity index (χ1n) is 7.44. The summed E-state index contributed by atoms with van der Waals surface area (Å²) in [5.74, 6) is -0.0322. The van der Waals surface area contributed by atoms with E-state index in [1.165, 1.54) is 6.07 Å². The minimum Gasteiger partial charge on any atom is -0.367 e. The molecule has 0 spiro atoms. The van der Waals surface area contributed by atoms with Crippen molar-refractivity contribution in [2.24, 2.45) is 0 Å². The monoisotopic (exact) mass is 278 g/mol. The second-order valence-corrected chi connectivity index (χ2v) is 5.20. The lowest BCUT2D eigenvalue weighted by Crippen LogP contribution is -2.55. The molecule has 3 rings (SSSR count). The third-order valence-corrected chi connectivity index (χ3v) is 4.02. The first-order chi connectivity index (χ1) is 9.65. The van der Waals surface area contributed by atoms with Crippen molar-refractivity contribution in [2.45, 2.75) is 45.7 Å². The van der Waals surface area contributed by atoms with Crippen LogP contribution < -0.4 is 4.90 Å². The summed E-state index contributed by atoms with van der Waals surface area (Å²) in [6, 6.07) is 7.30. The standard InChI is InChI=1S/C14H17FN2O.C2H6/c1-10(18)17-13-5-6-14(17)9-16(8-13)12-4-2-3-11(15)7-12;1-2/h2-4,7,13-14H,5-6,8-9H2,1H3;1-2H3. The topological polar surface area (TPSA) is 23.6 Å². The highest BCUT2D eigenvalue weighted by Gasteiger charge is 2.41. The van der Waals surface area contributed by atoms with E-state index in [1.807, 2.05) is 24.8 Å². The molecule has 4 heteroatoms. The summed E-state index contributed by atoms with van der Waals surface area (Å²) in [4.78, 5) is 15.8. The Morgan fingerprint density at radius 3 is 2.30 bits per heavy atom. The third-order valence-electron chi connectivity index (χ3n) is 4.02. The van der Waals surface area contributed by atoms with Crippen LogP contribution in [0, 0.1) is 5.82 Å². The van der Waals surface area contributed by atoms with Gasteiger partial charge in [0.15, 0.2) is 0 Å². The molecule has 2 heterocycles. The number of carbonyl (C=O) groups is 1. The Morgan fingerprint density at radius 2 is 1.80 bits per heavy atom. The van der Waals surface area contributed by atoms with Gasteiger partial charge in [-0.15, -0.1) is 0 Å². The molecule has 1 aromatic carbocycles. The Morgan fingerprint density at radius 1 is 1.20 bits per heavy atom. The molecule has 2 bridgehead atoms. The zero-order valence-corrected chi connectivity index (χ0v) is 12.5. The minimum absolute atomic E-state index is 0.168. The van der Waals surface area contributed by atoms with Gasteiger partial charge >= 0.3 is 0 Å². The molecular formula is C16H23FN2O. The highest BCUT2D eigenvalue weighted by Crippen LogP contribution is 2.32. The third kappa shape index (κ3) is 2.79. The van der Waals surface area contributed by atoms with Gasteiger partial charge in [0.2, 0.25) is 5.91 Å². The van der Waals surface area contributed by atoms with Crippen LogP contribution in [0.15, 0.2) is 24.3 Å². The lowest BCUT2D eigenvalue weighted by molar-refractivity contribution is -0.132. The van der Waals surface area contributed by atoms with E-state index in [2.05, 4.69) is 4.90 Å². The van der Waals surface area contributed by atoms with Crippen molar-refractivity contribution in [1.82, 2.24) is 4.90 Å². The molecule has 2 aliphatic heterocycles. The number of piperazine rings is 1. The normalized spacial score (nSPS) is 24.2. The summed E-state index contributed by atoms with van der Waals surface area (Å²) in [6.07, 6.45) is 2.13. The highest BCUT2D eigenvalue weighted by atomic mass is 19.1. The van der Waals surface area contributed by atoms with Crippen molar-refractivity contribution in [1.29, 1.82) is 0 Å². The Labute approximate surface area is 120 Å². The van der Waals surface area contributed by atoms with Crippen LogP contribution in [0.1, 0.15) is 33.6 Å². The van der Waals surface area contributed by atoms with E-state index in [-0.39, 0.29) is 11.7 Å². The van der Waals surface area contributed by atoms with Crippen LogP contribution in [0.25, 0.3) is 0 Å². The number of rotatable bonds is 1. The second-order valence-electron chi connectivity index (χ2n) is 5.20. The summed E-state index contributed by atoms with van der Waals surface area (Å²) < 4.78 is 13.2. The van der Waals surface area contributed by atoms with Gasteiger partial charge < -0.3 is 9.80 Å². The molecule has 3 nitrogen and oxygen atoms in total. The molecule has 0 aromatic heterocycles. The molecule has 2 unspecified atom stereocenters. The van der Waals surface area contributed by atoms with Gasteiger partial charge in [0.05, 0.1) is 0 Å². The van der Waals surface area contributed by atoms with Crippen molar-refractivity contribution >= 4 is 11.6 Å². The molecule has 1 aromatic rings. The molecule has 2 aliphatic rings. The quantitative estimate of drug-likeness (QED) is 0.788. The maximum absolute atomic E-state index is 13.2. The largest absolute Gasteiger partial charge is 0.367 e. The van der Waals surface area contributed by atoms with Crippen LogP contribution in [-0.4, -0.2) is 36.0 Å². The van der Waals surface area contributed by atoms with Gasteiger partial charge in [0, 0.05) is 37.8 Å². The van der Waals surface area contributed by atoms with E-state index in [9.17, 15) is 9.18 Å². The molecule has 0 radical (unpaired) electrons. The predicted molar refractivity (Wildman–Crippen MR) is 79.3 cm³/mol. The zero-order valence-electron chi connectivity index (χ0n) is 12.5. The average Bonchev–Trinajstić information content (AvgIpc) is 2.72. The van der Waals surface area contributed by atoms with Gasteiger partial charge in [-0.3, -0.25) is 4.79 Å². The Hall–Kier alpha value is -1.58. The number of fused-ring (bicyclic) bond motifs is 2. The van der Waals surface area contributed by atoms with E-state index in [1.54, 1.807) is 19.1 Å². The number of nitrogens with zero attached hydrogens (tertiary/aromatic N) is 2. The molecule has 2 fully saturated rings. The smallest absolute Gasteiger partial charge is 0.220 e. The minimum atomic E-state index is -0.200. The molecular weight excluding hydrogens is 255 g/mol. The number of benzene rings is 1. The second kappa shape index (κ2) is 6.25. The maximum Gasteiger partial charge on any atom is 0.220 e.